The van der Waals surface area contributed by atoms with Crippen LogP contribution in [0.5, 0.6) is 5.75 Å². The van der Waals surface area contributed by atoms with Crippen LogP contribution in [-0.4, -0.2) is 67.6 Å². The van der Waals surface area contributed by atoms with Crippen LogP contribution in [-0.2, 0) is 27.7 Å². The first kappa shape index (κ1) is 21.7. The molecule has 1 aromatic carbocycles. The molecule has 4 heterocycles. The van der Waals surface area contributed by atoms with Crippen LogP contribution in [0.3, 0.4) is 0 Å². The van der Waals surface area contributed by atoms with Gasteiger partial charge in [0.05, 0.1) is 30.9 Å². The maximum atomic E-state index is 13.4. The van der Waals surface area contributed by atoms with Gasteiger partial charge in [0.25, 0.3) is 0 Å². The van der Waals surface area contributed by atoms with Crippen molar-refractivity contribution < 1.29 is 17.9 Å². The van der Waals surface area contributed by atoms with Crippen LogP contribution in [0.4, 0.5) is 5.82 Å². The van der Waals surface area contributed by atoms with Crippen LogP contribution in [0.1, 0.15) is 11.3 Å². The van der Waals surface area contributed by atoms with Crippen molar-refractivity contribution in [1.29, 1.82) is 0 Å². The van der Waals surface area contributed by atoms with E-state index in [4.69, 9.17) is 19.4 Å². The molecular formula is C23H25N5O4S. The Morgan fingerprint density at radius 1 is 1.03 bits per heavy atom. The molecule has 0 unspecified atom stereocenters. The van der Waals surface area contributed by atoms with Gasteiger partial charge in [0.1, 0.15) is 11.6 Å². The lowest BCUT2D eigenvalue weighted by Gasteiger charge is -2.34. The number of anilines is 1. The van der Waals surface area contributed by atoms with Crippen LogP contribution < -0.4 is 9.64 Å². The normalized spacial score (nSPS) is 16.9. The Kier molecular flexibility index (Phi) is 5.96. The first-order valence-electron chi connectivity index (χ1n) is 10.8. The van der Waals surface area contributed by atoms with Gasteiger partial charge < -0.3 is 14.4 Å². The van der Waals surface area contributed by atoms with Gasteiger partial charge >= 0.3 is 0 Å². The highest BCUT2D eigenvalue weighted by Gasteiger charge is 2.33. The first-order chi connectivity index (χ1) is 16.1. The molecule has 0 aliphatic carbocycles. The summed E-state index contributed by atoms with van der Waals surface area (Å²) in [7, 11) is -2.18. The molecular weight excluding hydrogens is 442 g/mol. The lowest BCUT2D eigenvalue weighted by atomic mass is 10.1. The lowest BCUT2D eigenvalue weighted by Crippen LogP contribution is -2.41. The standard InChI is InChI=1S/C23H25N5O4S/c1-31-18-3-2-4-19(15-18)33(29,30)28-10-7-21-20(16-28)23(27-11-13-32-14-12-27)26-22(25-21)17-5-8-24-9-6-17/h2-6,8-9,15H,7,10-14,16H2,1H3. The number of hydrogen-bond acceptors (Lipinski definition) is 8. The van der Waals surface area contributed by atoms with Gasteiger partial charge in [-0.25, -0.2) is 18.4 Å². The minimum absolute atomic E-state index is 0.215. The van der Waals surface area contributed by atoms with Crippen molar-refractivity contribution >= 4 is 15.8 Å². The number of sulfonamides is 1. The van der Waals surface area contributed by atoms with E-state index in [1.165, 1.54) is 11.4 Å². The Morgan fingerprint density at radius 3 is 2.58 bits per heavy atom. The summed E-state index contributed by atoms with van der Waals surface area (Å²) >= 11 is 0. The van der Waals surface area contributed by atoms with E-state index in [1.54, 1.807) is 36.7 Å². The number of benzene rings is 1. The first-order valence-corrected chi connectivity index (χ1v) is 12.3. The van der Waals surface area contributed by atoms with Crippen molar-refractivity contribution in [3.63, 3.8) is 0 Å². The van der Waals surface area contributed by atoms with Crippen molar-refractivity contribution in [3.05, 3.63) is 60.0 Å². The summed E-state index contributed by atoms with van der Waals surface area (Å²) in [6.07, 6.45) is 3.94. The Hall–Kier alpha value is -3.08. The number of rotatable bonds is 5. The quantitative estimate of drug-likeness (QED) is 0.563. The molecule has 1 saturated heterocycles. The van der Waals surface area contributed by atoms with E-state index in [-0.39, 0.29) is 11.4 Å². The van der Waals surface area contributed by atoms with E-state index in [0.717, 1.165) is 22.6 Å². The fraction of sp³-hybridized carbons (Fsp3) is 0.348. The summed E-state index contributed by atoms with van der Waals surface area (Å²) in [5, 5.41) is 0. The van der Waals surface area contributed by atoms with Gasteiger partial charge in [0, 0.05) is 62.2 Å². The van der Waals surface area contributed by atoms with Crippen LogP contribution in [0, 0.1) is 0 Å². The molecule has 2 aliphatic heterocycles. The highest BCUT2D eigenvalue weighted by molar-refractivity contribution is 7.89. The van der Waals surface area contributed by atoms with Crippen molar-refractivity contribution in [2.45, 2.75) is 17.9 Å². The maximum Gasteiger partial charge on any atom is 0.243 e. The van der Waals surface area contributed by atoms with Gasteiger partial charge in [-0.05, 0) is 24.3 Å². The minimum atomic E-state index is -3.70. The molecule has 0 saturated carbocycles. The minimum Gasteiger partial charge on any atom is -0.497 e. The molecule has 9 nitrogen and oxygen atoms in total. The fourth-order valence-corrected chi connectivity index (χ4v) is 5.60. The molecule has 2 aromatic heterocycles. The third kappa shape index (κ3) is 4.29. The second kappa shape index (κ2) is 9.05. The average Bonchev–Trinajstić information content (AvgIpc) is 2.88. The molecule has 0 N–H and O–H groups in total. The molecule has 0 bridgehead atoms. The van der Waals surface area contributed by atoms with Gasteiger partial charge in [-0.1, -0.05) is 6.07 Å². The summed E-state index contributed by atoms with van der Waals surface area (Å²) in [5.41, 5.74) is 2.62. The van der Waals surface area contributed by atoms with E-state index >= 15 is 0 Å². The molecule has 1 fully saturated rings. The summed E-state index contributed by atoms with van der Waals surface area (Å²) in [6.45, 7) is 3.17. The number of ether oxygens (including phenoxy) is 2. The van der Waals surface area contributed by atoms with Crippen LogP contribution >= 0.6 is 0 Å². The van der Waals surface area contributed by atoms with Crippen molar-refractivity contribution in [2.75, 3.05) is 44.9 Å². The molecule has 0 radical (unpaired) electrons. The molecule has 5 rings (SSSR count). The Labute approximate surface area is 193 Å². The van der Waals surface area contributed by atoms with Gasteiger partial charge in [-0.3, -0.25) is 4.98 Å². The molecule has 10 heteroatoms. The highest BCUT2D eigenvalue weighted by Crippen LogP contribution is 2.32. The van der Waals surface area contributed by atoms with Gasteiger partial charge in [-0.2, -0.15) is 4.31 Å². The Morgan fingerprint density at radius 2 is 1.82 bits per heavy atom. The third-order valence-electron chi connectivity index (χ3n) is 5.93. The summed E-state index contributed by atoms with van der Waals surface area (Å²) in [5.74, 6) is 1.91. The van der Waals surface area contributed by atoms with Crippen molar-refractivity contribution in [2.24, 2.45) is 0 Å². The molecule has 172 valence electrons. The lowest BCUT2D eigenvalue weighted by molar-refractivity contribution is 0.122. The number of pyridine rings is 1. The predicted octanol–water partition coefficient (Wildman–Crippen LogP) is 2.13. The Bertz CT molecular complexity index is 1250. The van der Waals surface area contributed by atoms with Crippen molar-refractivity contribution in [1.82, 2.24) is 19.3 Å². The maximum absolute atomic E-state index is 13.4. The number of fused-ring (bicyclic) bond motifs is 1. The Balaban J connectivity index is 1.54. The van der Waals surface area contributed by atoms with Gasteiger partial charge in [-0.15, -0.1) is 0 Å². The molecule has 0 amide bonds. The summed E-state index contributed by atoms with van der Waals surface area (Å²) < 4.78 is 39.1. The number of hydrogen-bond donors (Lipinski definition) is 0. The van der Waals surface area contributed by atoms with E-state index < -0.39 is 10.0 Å². The predicted molar refractivity (Wildman–Crippen MR) is 123 cm³/mol. The zero-order valence-electron chi connectivity index (χ0n) is 18.3. The number of nitrogens with zero attached hydrogens (tertiary/aromatic N) is 5. The van der Waals surface area contributed by atoms with Crippen molar-refractivity contribution in [3.8, 4) is 17.1 Å². The average molecular weight is 468 g/mol. The van der Waals surface area contributed by atoms with Gasteiger partial charge in [0.15, 0.2) is 5.82 Å². The largest absolute Gasteiger partial charge is 0.497 e. The monoisotopic (exact) mass is 467 g/mol. The fourth-order valence-electron chi connectivity index (χ4n) is 4.15. The summed E-state index contributed by atoms with van der Waals surface area (Å²) in [6, 6.07) is 10.3. The molecule has 3 aromatic rings. The zero-order chi connectivity index (χ0) is 22.8. The molecule has 33 heavy (non-hydrogen) atoms. The topological polar surface area (TPSA) is 97.8 Å². The van der Waals surface area contributed by atoms with Crippen LogP contribution in [0.15, 0.2) is 53.7 Å². The second-order valence-electron chi connectivity index (χ2n) is 7.90. The smallest absolute Gasteiger partial charge is 0.243 e. The van der Waals surface area contributed by atoms with E-state index in [9.17, 15) is 8.42 Å². The SMILES string of the molecule is COc1cccc(S(=O)(=O)N2CCc3nc(-c4ccncc4)nc(N4CCOCC4)c3C2)c1. The number of methoxy groups -OCH3 is 1. The number of morpholine rings is 1. The molecule has 0 atom stereocenters. The molecule has 0 spiro atoms. The van der Waals surface area contributed by atoms with E-state index in [1.807, 2.05) is 12.1 Å². The number of aromatic nitrogens is 3. The van der Waals surface area contributed by atoms with Crippen LogP contribution in [0.2, 0.25) is 0 Å². The third-order valence-corrected chi connectivity index (χ3v) is 7.77. The molecule has 2 aliphatic rings. The zero-order valence-corrected chi connectivity index (χ0v) is 19.2. The second-order valence-corrected chi connectivity index (χ2v) is 9.84. The van der Waals surface area contributed by atoms with E-state index in [2.05, 4.69) is 9.88 Å². The summed E-state index contributed by atoms with van der Waals surface area (Å²) in [4.78, 5) is 16.2. The highest BCUT2D eigenvalue weighted by atomic mass is 32.2. The van der Waals surface area contributed by atoms with Gasteiger partial charge in [0.2, 0.25) is 10.0 Å². The van der Waals surface area contributed by atoms with E-state index in [0.29, 0.717) is 50.8 Å². The van der Waals surface area contributed by atoms with Crippen LogP contribution in [0.25, 0.3) is 11.4 Å².